The molecule has 0 unspecified atom stereocenters. The SMILES string of the molecule is CC(C)[Si](C=Cc1ccccc1O)C(C)C. The minimum atomic E-state index is -0.484. The summed E-state index contributed by atoms with van der Waals surface area (Å²) in [6, 6.07) is 7.49. The Hall–Kier alpha value is -1.02. The fourth-order valence-electron chi connectivity index (χ4n) is 1.87. The number of rotatable bonds is 4. The van der Waals surface area contributed by atoms with E-state index < -0.39 is 8.80 Å². The number of para-hydroxylation sites is 1. The topological polar surface area (TPSA) is 20.2 Å². The van der Waals surface area contributed by atoms with E-state index >= 15 is 0 Å². The van der Waals surface area contributed by atoms with Gasteiger partial charge in [-0.1, -0.05) is 57.7 Å². The predicted octanol–water partition coefficient (Wildman–Crippen LogP) is 4.26. The van der Waals surface area contributed by atoms with Crippen molar-refractivity contribution in [3.05, 3.63) is 35.5 Å². The molecule has 1 aromatic carbocycles. The van der Waals surface area contributed by atoms with Crippen LogP contribution in [0.5, 0.6) is 5.75 Å². The van der Waals surface area contributed by atoms with Gasteiger partial charge in [-0.15, -0.1) is 0 Å². The summed E-state index contributed by atoms with van der Waals surface area (Å²) in [6.45, 7) is 9.12. The summed E-state index contributed by atoms with van der Waals surface area (Å²) in [4.78, 5) is 0. The van der Waals surface area contributed by atoms with Crippen LogP contribution in [-0.4, -0.2) is 13.9 Å². The lowest BCUT2D eigenvalue weighted by atomic mass is 10.2. The lowest BCUT2D eigenvalue weighted by Gasteiger charge is -2.18. The van der Waals surface area contributed by atoms with E-state index in [1.165, 1.54) is 0 Å². The smallest absolute Gasteiger partial charge is 0.122 e. The van der Waals surface area contributed by atoms with Crippen LogP contribution < -0.4 is 0 Å². The number of phenols is 1. The van der Waals surface area contributed by atoms with E-state index in [-0.39, 0.29) is 0 Å². The molecule has 0 spiro atoms. The van der Waals surface area contributed by atoms with Crippen LogP contribution >= 0.6 is 0 Å². The number of benzene rings is 1. The number of phenolic OH excluding ortho intramolecular Hbond substituents is 1. The first-order valence-corrected chi connectivity index (χ1v) is 7.58. The second-order valence-corrected chi connectivity index (χ2v) is 8.34. The molecule has 0 fully saturated rings. The summed E-state index contributed by atoms with van der Waals surface area (Å²) in [6.07, 6.45) is 2.07. The predicted molar refractivity (Wildman–Crippen MR) is 73.1 cm³/mol. The number of hydrogen-bond donors (Lipinski definition) is 1. The molecule has 16 heavy (non-hydrogen) atoms. The summed E-state index contributed by atoms with van der Waals surface area (Å²) < 4.78 is 0. The lowest BCUT2D eigenvalue weighted by molar-refractivity contribution is 0.474. The quantitative estimate of drug-likeness (QED) is 0.770. The molecule has 1 aromatic rings. The van der Waals surface area contributed by atoms with Crippen molar-refractivity contribution in [3.8, 4) is 5.75 Å². The molecule has 0 aliphatic rings. The molecule has 0 aliphatic carbocycles. The molecular formula is C14H21OSi. The van der Waals surface area contributed by atoms with Crippen LogP contribution in [0.15, 0.2) is 30.0 Å². The van der Waals surface area contributed by atoms with Gasteiger partial charge >= 0.3 is 0 Å². The molecular weight excluding hydrogens is 212 g/mol. The number of hydrogen-bond acceptors (Lipinski definition) is 1. The van der Waals surface area contributed by atoms with Gasteiger partial charge in [0.25, 0.3) is 0 Å². The van der Waals surface area contributed by atoms with E-state index in [0.717, 1.165) is 16.6 Å². The van der Waals surface area contributed by atoms with Crippen LogP contribution in [0.25, 0.3) is 6.08 Å². The van der Waals surface area contributed by atoms with E-state index in [2.05, 4.69) is 39.5 Å². The zero-order chi connectivity index (χ0) is 12.1. The second-order valence-electron chi connectivity index (χ2n) is 4.70. The number of aromatic hydroxyl groups is 1. The van der Waals surface area contributed by atoms with Gasteiger partial charge in [0.05, 0.1) is 8.80 Å². The summed E-state index contributed by atoms with van der Waals surface area (Å²) in [5, 5.41) is 9.66. The third-order valence-electron chi connectivity index (χ3n) is 2.73. The Morgan fingerprint density at radius 2 is 1.62 bits per heavy atom. The molecule has 0 aromatic heterocycles. The van der Waals surface area contributed by atoms with Crippen LogP contribution in [0.1, 0.15) is 33.3 Å². The van der Waals surface area contributed by atoms with Crippen molar-refractivity contribution in [3.63, 3.8) is 0 Å². The van der Waals surface area contributed by atoms with E-state index in [4.69, 9.17) is 0 Å². The first kappa shape index (κ1) is 13.0. The third kappa shape index (κ3) is 3.53. The van der Waals surface area contributed by atoms with Crippen molar-refractivity contribution in [2.24, 2.45) is 0 Å². The highest BCUT2D eigenvalue weighted by Crippen LogP contribution is 2.23. The van der Waals surface area contributed by atoms with E-state index in [1.807, 2.05) is 18.2 Å². The summed E-state index contributed by atoms with van der Waals surface area (Å²) in [5.41, 5.74) is 4.69. The molecule has 0 saturated heterocycles. The monoisotopic (exact) mass is 233 g/mol. The van der Waals surface area contributed by atoms with Gasteiger partial charge in [0.2, 0.25) is 0 Å². The Balaban J connectivity index is 2.83. The van der Waals surface area contributed by atoms with Crippen LogP contribution in [0, 0.1) is 0 Å². The largest absolute Gasteiger partial charge is 0.507 e. The minimum Gasteiger partial charge on any atom is -0.507 e. The maximum Gasteiger partial charge on any atom is 0.122 e. The maximum absolute atomic E-state index is 9.66. The highest BCUT2D eigenvalue weighted by Gasteiger charge is 2.16. The molecule has 1 nitrogen and oxygen atoms in total. The van der Waals surface area contributed by atoms with E-state index in [9.17, 15) is 5.11 Å². The molecule has 0 atom stereocenters. The van der Waals surface area contributed by atoms with Crippen molar-refractivity contribution in [1.29, 1.82) is 0 Å². The Morgan fingerprint density at radius 1 is 1.06 bits per heavy atom. The Bertz CT molecular complexity index is 348. The molecule has 1 radical (unpaired) electrons. The zero-order valence-corrected chi connectivity index (χ0v) is 11.6. The third-order valence-corrected chi connectivity index (χ3v) is 5.94. The van der Waals surface area contributed by atoms with Crippen molar-refractivity contribution < 1.29 is 5.11 Å². The van der Waals surface area contributed by atoms with Gasteiger partial charge < -0.3 is 5.11 Å². The van der Waals surface area contributed by atoms with Crippen molar-refractivity contribution in [2.75, 3.05) is 0 Å². The summed E-state index contributed by atoms with van der Waals surface area (Å²) >= 11 is 0. The fraction of sp³-hybridized carbons (Fsp3) is 0.429. The van der Waals surface area contributed by atoms with E-state index in [1.54, 1.807) is 6.07 Å². The first-order chi connectivity index (χ1) is 7.52. The molecule has 1 rings (SSSR count). The van der Waals surface area contributed by atoms with Crippen molar-refractivity contribution in [1.82, 2.24) is 0 Å². The zero-order valence-electron chi connectivity index (χ0n) is 10.6. The van der Waals surface area contributed by atoms with E-state index in [0.29, 0.717) is 5.75 Å². The summed E-state index contributed by atoms with van der Waals surface area (Å²) in [7, 11) is -0.484. The van der Waals surface area contributed by atoms with Crippen molar-refractivity contribution >= 4 is 14.9 Å². The van der Waals surface area contributed by atoms with Gasteiger partial charge in [-0.25, -0.2) is 0 Å². The van der Waals surface area contributed by atoms with Crippen molar-refractivity contribution in [2.45, 2.75) is 38.8 Å². The molecule has 0 amide bonds. The lowest BCUT2D eigenvalue weighted by Crippen LogP contribution is -2.17. The summed E-state index contributed by atoms with van der Waals surface area (Å²) in [5.74, 6) is 0.368. The van der Waals surface area contributed by atoms with Gasteiger partial charge in [-0.05, 0) is 17.1 Å². The van der Waals surface area contributed by atoms with Gasteiger partial charge in [-0.3, -0.25) is 0 Å². The normalized spacial score (nSPS) is 12.2. The first-order valence-electron chi connectivity index (χ1n) is 5.85. The second kappa shape index (κ2) is 5.90. The fourth-order valence-corrected chi connectivity index (χ4v) is 4.34. The highest BCUT2D eigenvalue weighted by molar-refractivity contribution is 6.67. The average molecular weight is 233 g/mol. The molecule has 0 saturated carbocycles. The van der Waals surface area contributed by atoms with Gasteiger partial charge in [0.15, 0.2) is 0 Å². The highest BCUT2D eigenvalue weighted by atomic mass is 28.3. The maximum atomic E-state index is 9.66. The Kier molecular flexibility index (Phi) is 4.81. The van der Waals surface area contributed by atoms with Crippen LogP contribution in [0.3, 0.4) is 0 Å². The molecule has 0 aliphatic heterocycles. The van der Waals surface area contributed by atoms with Gasteiger partial charge in [0.1, 0.15) is 5.75 Å². The van der Waals surface area contributed by atoms with Gasteiger partial charge in [-0.2, -0.15) is 0 Å². The molecule has 87 valence electrons. The van der Waals surface area contributed by atoms with Crippen LogP contribution in [-0.2, 0) is 0 Å². The average Bonchev–Trinajstić information content (AvgIpc) is 2.20. The minimum absolute atomic E-state index is 0.368. The molecule has 2 heteroatoms. The Labute approximate surface area is 100 Å². The van der Waals surface area contributed by atoms with Crippen LogP contribution in [0.4, 0.5) is 0 Å². The Morgan fingerprint density at radius 3 is 2.12 bits per heavy atom. The standard InChI is InChI=1S/C14H21OSi/c1-11(2)16(12(3)4)10-9-13-7-5-6-8-14(13)15/h5-12,15H,1-4H3. The van der Waals surface area contributed by atoms with Gasteiger partial charge in [0, 0.05) is 5.56 Å². The molecule has 1 N–H and O–H groups in total. The molecule has 0 bridgehead atoms. The molecule has 0 heterocycles. The van der Waals surface area contributed by atoms with Crippen LogP contribution in [0.2, 0.25) is 11.1 Å².